The fraction of sp³-hybridized carbons (Fsp3) is 1.00. The first kappa shape index (κ1) is 14.3. The quantitative estimate of drug-likeness (QED) is 0.661. The Morgan fingerprint density at radius 1 is 1.25 bits per heavy atom. The van der Waals surface area contributed by atoms with Crippen LogP contribution in [0.5, 0.6) is 0 Å². The first-order chi connectivity index (χ1) is 7.86. The molecule has 1 aliphatic rings. The van der Waals surface area contributed by atoms with Crippen molar-refractivity contribution in [3.05, 3.63) is 0 Å². The molecule has 1 saturated heterocycles. The minimum Gasteiger partial charge on any atom is -0.314 e. The molecule has 96 valence electrons. The van der Waals surface area contributed by atoms with E-state index >= 15 is 0 Å². The van der Waals surface area contributed by atoms with Crippen LogP contribution in [-0.4, -0.2) is 49.1 Å². The van der Waals surface area contributed by atoms with Crippen LogP contribution < -0.4 is 5.32 Å². The molecule has 1 heterocycles. The van der Waals surface area contributed by atoms with E-state index in [1.54, 1.807) is 0 Å². The van der Waals surface area contributed by atoms with E-state index in [9.17, 15) is 0 Å². The third kappa shape index (κ3) is 6.12. The second kappa shape index (κ2) is 9.32. The van der Waals surface area contributed by atoms with E-state index < -0.39 is 0 Å². The second-order valence-electron chi connectivity index (χ2n) is 4.77. The second-order valence-corrected chi connectivity index (χ2v) is 5.76. The maximum atomic E-state index is 3.71. The van der Waals surface area contributed by atoms with Crippen LogP contribution in [0.25, 0.3) is 0 Å². The van der Waals surface area contributed by atoms with Gasteiger partial charge in [0.15, 0.2) is 0 Å². The Labute approximate surface area is 106 Å². The lowest BCUT2D eigenvalue weighted by Gasteiger charge is -2.32. The number of nitrogens with zero attached hydrogens (tertiary/aromatic N) is 1. The third-order valence-electron chi connectivity index (χ3n) is 3.34. The average Bonchev–Trinajstić information content (AvgIpc) is 2.31. The lowest BCUT2D eigenvalue weighted by Crippen LogP contribution is -2.42. The van der Waals surface area contributed by atoms with Gasteiger partial charge in [-0.05, 0) is 70.3 Å². The molecule has 1 fully saturated rings. The summed E-state index contributed by atoms with van der Waals surface area (Å²) in [5.41, 5.74) is 0. The third-order valence-corrected chi connectivity index (χ3v) is 4.03. The van der Waals surface area contributed by atoms with Crippen LogP contribution in [0.1, 0.15) is 39.0 Å². The zero-order chi connectivity index (χ0) is 11.6. The van der Waals surface area contributed by atoms with Crippen LogP contribution in [-0.2, 0) is 0 Å². The molecule has 1 N–H and O–H groups in total. The molecule has 16 heavy (non-hydrogen) atoms. The van der Waals surface area contributed by atoms with Gasteiger partial charge in [-0.15, -0.1) is 0 Å². The van der Waals surface area contributed by atoms with Gasteiger partial charge in [0.1, 0.15) is 0 Å². The molecule has 0 atom stereocenters. The maximum absolute atomic E-state index is 3.71. The molecule has 1 aliphatic heterocycles. The Morgan fingerprint density at radius 2 is 2.00 bits per heavy atom. The van der Waals surface area contributed by atoms with Gasteiger partial charge in [-0.25, -0.2) is 0 Å². The molecule has 0 amide bonds. The maximum Gasteiger partial charge on any atom is 0.00914 e. The molecule has 0 aromatic heterocycles. The Morgan fingerprint density at radius 3 is 2.62 bits per heavy atom. The summed E-state index contributed by atoms with van der Waals surface area (Å²) in [6.45, 7) is 7.39. The first-order valence-corrected chi connectivity index (χ1v) is 8.21. The van der Waals surface area contributed by atoms with E-state index in [0.717, 1.165) is 6.04 Å². The van der Waals surface area contributed by atoms with Crippen LogP contribution >= 0.6 is 11.8 Å². The Balaban J connectivity index is 1.95. The summed E-state index contributed by atoms with van der Waals surface area (Å²) in [4.78, 5) is 2.60. The largest absolute Gasteiger partial charge is 0.314 e. The molecule has 0 radical (unpaired) electrons. The minimum atomic E-state index is 0.794. The highest BCUT2D eigenvalue weighted by Gasteiger charge is 2.17. The zero-order valence-electron chi connectivity index (χ0n) is 11.0. The number of piperidine rings is 1. The van der Waals surface area contributed by atoms with Gasteiger partial charge in [-0.1, -0.05) is 6.92 Å². The minimum absolute atomic E-state index is 0.794. The number of hydrogen-bond donors (Lipinski definition) is 1. The standard InChI is InChI=1S/C13H28N2S/c1-3-9-15-10-6-13(7-11-15)14-8-4-5-12-16-2/h13-14H,3-12H2,1-2H3. The van der Waals surface area contributed by atoms with Crippen LogP contribution in [0, 0.1) is 0 Å². The molecular formula is C13H28N2S. The van der Waals surface area contributed by atoms with Gasteiger partial charge in [-0.2, -0.15) is 11.8 Å². The summed E-state index contributed by atoms with van der Waals surface area (Å²) in [5.74, 6) is 1.32. The van der Waals surface area contributed by atoms with Crippen molar-refractivity contribution in [1.29, 1.82) is 0 Å². The number of rotatable bonds is 8. The highest BCUT2D eigenvalue weighted by Crippen LogP contribution is 2.10. The van der Waals surface area contributed by atoms with Crippen molar-refractivity contribution < 1.29 is 0 Å². The number of unbranched alkanes of at least 4 members (excludes halogenated alkanes) is 1. The van der Waals surface area contributed by atoms with Gasteiger partial charge in [0.2, 0.25) is 0 Å². The fourth-order valence-electron chi connectivity index (χ4n) is 2.35. The van der Waals surface area contributed by atoms with Crippen molar-refractivity contribution in [3.63, 3.8) is 0 Å². The topological polar surface area (TPSA) is 15.3 Å². The summed E-state index contributed by atoms with van der Waals surface area (Å²) >= 11 is 1.96. The first-order valence-electron chi connectivity index (χ1n) is 6.81. The van der Waals surface area contributed by atoms with Gasteiger partial charge in [0, 0.05) is 6.04 Å². The zero-order valence-corrected chi connectivity index (χ0v) is 11.8. The normalized spacial score (nSPS) is 19.1. The van der Waals surface area contributed by atoms with Crippen LogP contribution in [0.4, 0.5) is 0 Å². The molecule has 0 aromatic carbocycles. The number of thioether (sulfide) groups is 1. The fourth-order valence-corrected chi connectivity index (χ4v) is 2.85. The van der Waals surface area contributed by atoms with Gasteiger partial charge >= 0.3 is 0 Å². The lowest BCUT2D eigenvalue weighted by atomic mass is 10.0. The van der Waals surface area contributed by atoms with Crippen LogP contribution in [0.3, 0.4) is 0 Å². The molecule has 0 aliphatic carbocycles. The van der Waals surface area contributed by atoms with E-state index in [0.29, 0.717) is 0 Å². The molecule has 0 spiro atoms. The molecular weight excluding hydrogens is 216 g/mol. The SMILES string of the molecule is CCCN1CCC(NCCCCSC)CC1. The van der Waals surface area contributed by atoms with E-state index in [-0.39, 0.29) is 0 Å². The summed E-state index contributed by atoms with van der Waals surface area (Å²) in [6.07, 6.45) is 8.90. The van der Waals surface area contributed by atoms with E-state index in [1.165, 1.54) is 64.0 Å². The predicted molar refractivity (Wildman–Crippen MR) is 75.4 cm³/mol. The van der Waals surface area contributed by atoms with Crippen molar-refractivity contribution in [1.82, 2.24) is 10.2 Å². The van der Waals surface area contributed by atoms with E-state index in [2.05, 4.69) is 23.4 Å². The van der Waals surface area contributed by atoms with Crippen molar-refractivity contribution >= 4 is 11.8 Å². The van der Waals surface area contributed by atoms with Gasteiger partial charge in [0.25, 0.3) is 0 Å². The van der Waals surface area contributed by atoms with Crippen LogP contribution in [0.2, 0.25) is 0 Å². The molecule has 0 aromatic rings. The summed E-state index contributed by atoms with van der Waals surface area (Å²) < 4.78 is 0. The number of likely N-dealkylation sites (tertiary alicyclic amines) is 1. The Hall–Kier alpha value is 0.270. The summed E-state index contributed by atoms with van der Waals surface area (Å²) in [5, 5.41) is 3.71. The lowest BCUT2D eigenvalue weighted by molar-refractivity contribution is 0.198. The highest BCUT2D eigenvalue weighted by molar-refractivity contribution is 7.98. The summed E-state index contributed by atoms with van der Waals surface area (Å²) in [6, 6.07) is 0.794. The molecule has 0 saturated carbocycles. The van der Waals surface area contributed by atoms with Crippen molar-refractivity contribution in [2.45, 2.75) is 45.1 Å². The Bertz CT molecular complexity index is 156. The number of hydrogen-bond acceptors (Lipinski definition) is 3. The molecule has 3 heteroatoms. The molecule has 2 nitrogen and oxygen atoms in total. The number of nitrogens with one attached hydrogen (secondary N) is 1. The summed E-state index contributed by atoms with van der Waals surface area (Å²) in [7, 11) is 0. The van der Waals surface area contributed by atoms with Crippen molar-refractivity contribution in [2.24, 2.45) is 0 Å². The monoisotopic (exact) mass is 244 g/mol. The van der Waals surface area contributed by atoms with E-state index in [4.69, 9.17) is 0 Å². The van der Waals surface area contributed by atoms with Crippen LogP contribution in [0.15, 0.2) is 0 Å². The van der Waals surface area contributed by atoms with Gasteiger partial charge in [-0.3, -0.25) is 0 Å². The predicted octanol–water partition coefficient (Wildman–Crippen LogP) is 2.59. The van der Waals surface area contributed by atoms with Crippen molar-refractivity contribution in [3.8, 4) is 0 Å². The van der Waals surface area contributed by atoms with Gasteiger partial charge < -0.3 is 10.2 Å². The van der Waals surface area contributed by atoms with Crippen molar-refractivity contribution in [2.75, 3.05) is 38.2 Å². The van der Waals surface area contributed by atoms with E-state index in [1.807, 2.05) is 11.8 Å². The molecule has 1 rings (SSSR count). The molecule has 0 bridgehead atoms. The van der Waals surface area contributed by atoms with Gasteiger partial charge in [0.05, 0.1) is 0 Å². The molecule has 0 unspecified atom stereocenters. The Kier molecular flexibility index (Phi) is 8.34. The average molecular weight is 244 g/mol. The smallest absolute Gasteiger partial charge is 0.00914 e. The highest BCUT2D eigenvalue weighted by atomic mass is 32.2.